The SMILES string of the molecule is CCCCN(CC1CCCN1)CC1CC2CCC1C2. The van der Waals surface area contributed by atoms with Gasteiger partial charge in [0.2, 0.25) is 0 Å². The second kappa shape index (κ2) is 6.58. The molecule has 0 amide bonds. The van der Waals surface area contributed by atoms with Crippen LogP contribution in [0, 0.1) is 17.8 Å². The Bertz CT molecular complexity index is 272. The molecule has 0 radical (unpaired) electrons. The van der Waals surface area contributed by atoms with Gasteiger partial charge in [-0.3, -0.25) is 0 Å². The molecule has 4 atom stereocenters. The molecule has 4 unspecified atom stereocenters. The summed E-state index contributed by atoms with van der Waals surface area (Å²) in [5.74, 6) is 3.23. The Kier molecular flexibility index (Phi) is 4.81. The molecule has 3 fully saturated rings. The Balaban J connectivity index is 1.49. The molecule has 2 heteroatoms. The van der Waals surface area contributed by atoms with Crippen LogP contribution in [0.25, 0.3) is 0 Å². The maximum Gasteiger partial charge on any atom is 0.0195 e. The summed E-state index contributed by atoms with van der Waals surface area (Å²) in [6, 6.07) is 0.787. The minimum Gasteiger partial charge on any atom is -0.313 e. The average molecular weight is 264 g/mol. The molecule has 0 spiro atoms. The maximum absolute atomic E-state index is 3.68. The molecule has 2 bridgehead atoms. The van der Waals surface area contributed by atoms with Crippen LogP contribution in [0.1, 0.15) is 58.3 Å². The monoisotopic (exact) mass is 264 g/mol. The summed E-state index contributed by atoms with van der Waals surface area (Å²) < 4.78 is 0. The lowest BCUT2D eigenvalue weighted by Crippen LogP contribution is -2.41. The highest BCUT2D eigenvalue weighted by atomic mass is 15.2. The van der Waals surface area contributed by atoms with Crippen LogP contribution in [0.2, 0.25) is 0 Å². The molecular weight excluding hydrogens is 232 g/mol. The first-order valence-corrected chi connectivity index (χ1v) is 8.81. The standard InChI is InChI=1S/C17H32N2/c1-2-3-9-19(13-17-5-4-8-18-17)12-16-11-14-6-7-15(16)10-14/h14-18H,2-13H2,1H3. The van der Waals surface area contributed by atoms with E-state index in [2.05, 4.69) is 17.1 Å². The summed E-state index contributed by atoms with van der Waals surface area (Å²) in [5.41, 5.74) is 0. The average Bonchev–Trinajstić information content (AvgIpc) is 3.12. The van der Waals surface area contributed by atoms with E-state index in [0.717, 1.165) is 23.8 Å². The van der Waals surface area contributed by atoms with Crippen molar-refractivity contribution in [2.75, 3.05) is 26.2 Å². The number of hydrogen-bond donors (Lipinski definition) is 1. The van der Waals surface area contributed by atoms with E-state index in [1.165, 1.54) is 51.9 Å². The van der Waals surface area contributed by atoms with E-state index < -0.39 is 0 Å². The molecule has 110 valence electrons. The molecule has 1 aliphatic heterocycles. The Morgan fingerprint density at radius 1 is 1.11 bits per heavy atom. The molecule has 0 aromatic carbocycles. The normalized spacial score (nSPS) is 37.6. The molecule has 1 saturated heterocycles. The molecular formula is C17H32N2. The van der Waals surface area contributed by atoms with Crippen molar-refractivity contribution in [3.05, 3.63) is 0 Å². The third-order valence-corrected chi connectivity index (χ3v) is 5.85. The smallest absolute Gasteiger partial charge is 0.0195 e. The maximum atomic E-state index is 3.68. The van der Waals surface area contributed by atoms with Gasteiger partial charge in [0.25, 0.3) is 0 Å². The number of rotatable bonds is 7. The Labute approximate surface area is 119 Å². The Morgan fingerprint density at radius 2 is 2.05 bits per heavy atom. The summed E-state index contributed by atoms with van der Waals surface area (Å²) in [6.07, 6.45) is 11.7. The van der Waals surface area contributed by atoms with Crippen molar-refractivity contribution in [2.45, 2.75) is 64.3 Å². The van der Waals surface area contributed by atoms with E-state index >= 15 is 0 Å². The largest absolute Gasteiger partial charge is 0.313 e. The van der Waals surface area contributed by atoms with Gasteiger partial charge in [-0.05, 0) is 69.4 Å². The van der Waals surface area contributed by atoms with E-state index in [4.69, 9.17) is 0 Å². The summed E-state index contributed by atoms with van der Waals surface area (Å²) in [5, 5.41) is 3.68. The number of nitrogens with one attached hydrogen (secondary N) is 1. The highest BCUT2D eigenvalue weighted by Crippen LogP contribution is 2.48. The van der Waals surface area contributed by atoms with Gasteiger partial charge in [-0.1, -0.05) is 19.8 Å². The van der Waals surface area contributed by atoms with Gasteiger partial charge < -0.3 is 10.2 Å². The van der Waals surface area contributed by atoms with Crippen molar-refractivity contribution < 1.29 is 0 Å². The first kappa shape index (κ1) is 13.9. The quantitative estimate of drug-likeness (QED) is 0.759. The molecule has 1 N–H and O–H groups in total. The fraction of sp³-hybridized carbons (Fsp3) is 1.00. The van der Waals surface area contributed by atoms with E-state index in [1.807, 2.05) is 0 Å². The van der Waals surface area contributed by atoms with Gasteiger partial charge in [0.1, 0.15) is 0 Å². The van der Waals surface area contributed by atoms with Crippen molar-refractivity contribution in [3.8, 4) is 0 Å². The van der Waals surface area contributed by atoms with Crippen LogP contribution in [0.5, 0.6) is 0 Å². The topological polar surface area (TPSA) is 15.3 Å². The van der Waals surface area contributed by atoms with Gasteiger partial charge >= 0.3 is 0 Å². The van der Waals surface area contributed by atoms with E-state index in [1.54, 1.807) is 25.7 Å². The number of nitrogens with zero attached hydrogens (tertiary/aromatic N) is 1. The van der Waals surface area contributed by atoms with E-state index in [9.17, 15) is 0 Å². The molecule has 1 heterocycles. The lowest BCUT2D eigenvalue weighted by atomic mass is 9.88. The molecule has 2 saturated carbocycles. The van der Waals surface area contributed by atoms with Crippen LogP contribution in [-0.4, -0.2) is 37.1 Å². The van der Waals surface area contributed by atoms with Crippen molar-refractivity contribution >= 4 is 0 Å². The van der Waals surface area contributed by atoms with Crippen molar-refractivity contribution in [2.24, 2.45) is 17.8 Å². The number of fused-ring (bicyclic) bond motifs is 2. The number of hydrogen-bond acceptors (Lipinski definition) is 2. The van der Waals surface area contributed by atoms with Gasteiger partial charge in [0.05, 0.1) is 0 Å². The van der Waals surface area contributed by atoms with Crippen molar-refractivity contribution in [3.63, 3.8) is 0 Å². The summed E-state index contributed by atoms with van der Waals surface area (Å²) in [4.78, 5) is 2.80. The second-order valence-electron chi connectivity index (χ2n) is 7.34. The van der Waals surface area contributed by atoms with Gasteiger partial charge in [-0.25, -0.2) is 0 Å². The first-order valence-electron chi connectivity index (χ1n) is 8.81. The molecule has 2 aliphatic carbocycles. The Morgan fingerprint density at radius 3 is 2.68 bits per heavy atom. The number of unbranched alkanes of at least 4 members (excludes halogenated alkanes) is 1. The van der Waals surface area contributed by atoms with Crippen LogP contribution in [0.3, 0.4) is 0 Å². The molecule has 19 heavy (non-hydrogen) atoms. The lowest BCUT2D eigenvalue weighted by Gasteiger charge is -2.31. The van der Waals surface area contributed by atoms with Crippen molar-refractivity contribution in [1.82, 2.24) is 10.2 Å². The fourth-order valence-corrected chi connectivity index (χ4v) is 4.79. The van der Waals surface area contributed by atoms with Crippen LogP contribution in [0.4, 0.5) is 0 Å². The molecule has 3 rings (SSSR count). The van der Waals surface area contributed by atoms with E-state index in [0.29, 0.717) is 0 Å². The zero-order chi connectivity index (χ0) is 13.1. The minimum atomic E-state index is 0.787. The van der Waals surface area contributed by atoms with Crippen LogP contribution in [0.15, 0.2) is 0 Å². The van der Waals surface area contributed by atoms with E-state index in [-0.39, 0.29) is 0 Å². The molecule has 3 aliphatic rings. The van der Waals surface area contributed by atoms with Crippen molar-refractivity contribution in [1.29, 1.82) is 0 Å². The van der Waals surface area contributed by atoms with Gasteiger partial charge in [-0.15, -0.1) is 0 Å². The summed E-state index contributed by atoms with van der Waals surface area (Å²) in [7, 11) is 0. The Hall–Kier alpha value is -0.0800. The van der Waals surface area contributed by atoms with Gasteiger partial charge in [0, 0.05) is 19.1 Å². The minimum absolute atomic E-state index is 0.787. The predicted molar refractivity (Wildman–Crippen MR) is 81.3 cm³/mol. The summed E-state index contributed by atoms with van der Waals surface area (Å²) in [6.45, 7) is 7.62. The van der Waals surface area contributed by atoms with Crippen LogP contribution < -0.4 is 5.32 Å². The first-order chi connectivity index (χ1) is 9.35. The third kappa shape index (κ3) is 3.52. The third-order valence-electron chi connectivity index (χ3n) is 5.85. The zero-order valence-corrected chi connectivity index (χ0v) is 12.7. The zero-order valence-electron chi connectivity index (χ0n) is 12.7. The highest BCUT2D eigenvalue weighted by Gasteiger charge is 2.40. The van der Waals surface area contributed by atoms with Crippen LogP contribution >= 0.6 is 0 Å². The lowest BCUT2D eigenvalue weighted by molar-refractivity contribution is 0.176. The fourth-order valence-electron chi connectivity index (χ4n) is 4.79. The summed E-state index contributed by atoms with van der Waals surface area (Å²) >= 11 is 0. The van der Waals surface area contributed by atoms with Gasteiger partial charge in [-0.2, -0.15) is 0 Å². The highest BCUT2D eigenvalue weighted by molar-refractivity contribution is 4.91. The van der Waals surface area contributed by atoms with Gasteiger partial charge in [0.15, 0.2) is 0 Å². The second-order valence-corrected chi connectivity index (χ2v) is 7.34. The van der Waals surface area contributed by atoms with Crippen LogP contribution in [-0.2, 0) is 0 Å². The molecule has 0 aromatic heterocycles. The molecule has 0 aromatic rings. The predicted octanol–water partition coefficient (Wildman–Crippen LogP) is 3.28. The molecule has 2 nitrogen and oxygen atoms in total.